The van der Waals surface area contributed by atoms with Crippen molar-refractivity contribution in [1.82, 2.24) is 29.0 Å². The molecule has 4 aromatic heterocycles. The van der Waals surface area contributed by atoms with Gasteiger partial charge in [0.25, 0.3) is 5.91 Å². The molecule has 35 heavy (non-hydrogen) atoms. The number of alkyl halides is 3. The van der Waals surface area contributed by atoms with Crippen molar-refractivity contribution in [2.75, 3.05) is 13.1 Å². The van der Waals surface area contributed by atoms with E-state index in [1.807, 2.05) is 6.07 Å². The normalized spacial score (nSPS) is 20.0. The summed E-state index contributed by atoms with van der Waals surface area (Å²) in [7, 11) is 0. The van der Waals surface area contributed by atoms with Crippen LogP contribution in [0.1, 0.15) is 28.9 Å². The number of nitriles is 1. The number of ether oxygens (including phenoxy) is 1. The number of carbonyl (C=O) groups excluding carboxylic acids is 1. The fourth-order valence-electron chi connectivity index (χ4n) is 4.83. The zero-order valence-electron chi connectivity index (χ0n) is 18.2. The molecule has 2 fully saturated rings. The predicted octanol–water partition coefficient (Wildman–Crippen LogP) is 3.18. The summed E-state index contributed by atoms with van der Waals surface area (Å²) >= 11 is 0. The second kappa shape index (κ2) is 7.78. The molecule has 2 bridgehead atoms. The van der Waals surface area contributed by atoms with Crippen LogP contribution in [0.3, 0.4) is 0 Å². The highest BCUT2D eigenvalue weighted by molar-refractivity contribution is 5.99. The van der Waals surface area contributed by atoms with E-state index in [-0.39, 0.29) is 35.0 Å². The number of hydrogen-bond donors (Lipinski definition) is 0. The molecule has 9 nitrogen and oxygen atoms in total. The number of nitrogens with zero attached hydrogens (tertiary/aromatic N) is 7. The summed E-state index contributed by atoms with van der Waals surface area (Å²) in [5.41, 5.74) is 1.70. The number of halogens is 3. The van der Waals surface area contributed by atoms with E-state index in [2.05, 4.69) is 15.1 Å². The SMILES string of the molecule is N#Cc1ccc2ncc(-c3nn(CC(F)(F)F)c4cc(C(=O)N5CC6CCC(C5)O6)ncc34)n2c1. The lowest BCUT2D eigenvalue weighted by molar-refractivity contribution is -0.141. The summed E-state index contributed by atoms with van der Waals surface area (Å²) in [5.74, 6) is -0.345. The number of morpholine rings is 1. The average Bonchev–Trinajstić information content (AvgIpc) is 3.51. The Morgan fingerprint density at radius 1 is 1.17 bits per heavy atom. The monoisotopic (exact) mass is 481 g/mol. The molecule has 1 amide bonds. The van der Waals surface area contributed by atoms with E-state index in [1.165, 1.54) is 18.5 Å². The summed E-state index contributed by atoms with van der Waals surface area (Å²) in [5, 5.41) is 13.8. The quantitative estimate of drug-likeness (QED) is 0.446. The van der Waals surface area contributed by atoms with Crippen LogP contribution in [0, 0.1) is 11.3 Å². The highest BCUT2D eigenvalue weighted by atomic mass is 19.4. The number of amides is 1. The van der Waals surface area contributed by atoms with Gasteiger partial charge >= 0.3 is 6.18 Å². The van der Waals surface area contributed by atoms with Crippen LogP contribution in [0.25, 0.3) is 27.9 Å². The molecule has 6 heterocycles. The lowest BCUT2D eigenvalue weighted by Gasteiger charge is -2.31. The first-order valence-corrected chi connectivity index (χ1v) is 11.0. The molecule has 0 radical (unpaired) electrons. The van der Waals surface area contributed by atoms with E-state index < -0.39 is 12.7 Å². The van der Waals surface area contributed by atoms with E-state index >= 15 is 0 Å². The van der Waals surface area contributed by atoms with Gasteiger partial charge in [0.05, 0.1) is 35.2 Å². The maximum Gasteiger partial charge on any atom is 0.408 e. The molecule has 2 saturated heterocycles. The van der Waals surface area contributed by atoms with E-state index in [0.29, 0.717) is 35.4 Å². The second-order valence-corrected chi connectivity index (χ2v) is 8.78. The van der Waals surface area contributed by atoms with Crippen LogP contribution in [0.5, 0.6) is 0 Å². The van der Waals surface area contributed by atoms with Crippen molar-refractivity contribution in [1.29, 1.82) is 5.26 Å². The Bertz CT molecular complexity index is 1510. The van der Waals surface area contributed by atoms with Gasteiger partial charge in [0, 0.05) is 30.9 Å². The van der Waals surface area contributed by atoms with Gasteiger partial charge in [-0.25, -0.2) is 4.98 Å². The van der Waals surface area contributed by atoms with Crippen molar-refractivity contribution in [2.45, 2.75) is 37.8 Å². The van der Waals surface area contributed by atoms with Crippen LogP contribution in [0.15, 0.2) is 36.8 Å². The highest BCUT2D eigenvalue weighted by Crippen LogP contribution is 2.32. The number of imidazole rings is 1. The van der Waals surface area contributed by atoms with Crippen LogP contribution in [0.2, 0.25) is 0 Å². The third-order valence-corrected chi connectivity index (χ3v) is 6.39. The molecular formula is C23H18F3N7O2. The largest absolute Gasteiger partial charge is 0.408 e. The molecule has 2 unspecified atom stereocenters. The number of aromatic nitrogens is 5. The van der Waals surface area contributed by atoms with Gasteiger partial charge in [0.1, 0.15) is 29.6 Å². The molecule has 2 aliphatic rings. The molecule has 4 aromatic rings. The van der Waals surface area contributed by atoms with Crippen molar-refractivity contribution in [3.05, 3.63) is 48.0 Å². The van der Waals surface area contributed by atoms with Gasteiger partial charge in [0.15, 0.2) is 0 Å². The zero-order valence-corrected chi connectivity index (χ0v) is 18.2. The van der Waals surface area contributed by atoms with E-state index in [0.717, 1.165) is 17.5 Å². The Labute approximate surface area is 196 Å². The number of likely N-dealkylation sites (tertiary alicyclic amines) is 1. The van der Waals surface area contributed by atoms with Gasteiger partial charge in [-0.1, -0.05) is 0 Å². The van der Waals surface area contributed by atoms with Crippen LogP contribution >= 0.6 is 0 Å². The molecule has 2 aliphatic heterocycles. The van der Waals surface area contributed by atoms with Crippen molar-refractivity contribution in [2.24, 2.45) is 0 Å². The smallest absolute Gasteiger partial charge is 0.371 e. The first-order valence-electron chi connectivity index (χ1n) is 11.0. The summed E-state index contributed by atoms with van der Waals surface area (Å²) in [6, 6.07) is 6.64. The summed E-state index contributed by atoms with van der Waals surface area (Å²) < 4.78 is 48.4. The van der Waals surface area contributed by atoms with Crippen molar-refractivity contribution in [3.8, 4) is 17.5 Å². The second-order valence-electron chi connectivity index (χ2n) is 8.78. The van der Waals surface area contributed by atoms with Gasteiger partial charge in [-0.2, -0.15) is 23.5 Å². The Hall–Kier alpha value is -3.98. The Morgan fingerprint density at radius 3 is 2.66 bits per heavy atom. The minimum absolute atomic E-state index is 0.0164. The topological polar surface area (TPSA) is 101 Å². The third-order valence-electron chi connectivity index (χ3n) is 6.39. The van der Waals surface area contributed by atoms with Crippen molar-refractivity contribution < 1.29 is 22.7 Å². The molecule has 178 valence electrons. The Morgan fingerprint density at radius 2 is 1.94 bits per heavy atom. The van der Waals surface area contributed by atoms with Crippen molar-refractivity contribution in [3.63, 3.8) is 0 Å². The first-order chi connectivity index (χ1) is 16.8. The fraction of sp³-hybridized carbons (Fsp3) is 0.348. The summed E-state index contributed by atoms with van der Waals surface area (Å²) in [6.45, 7) is -0.459. The van der Waals surface area contributed by atoms with E-state index in [1.54, 1.807) is 27.6 Å². The van der Waals surface area contributed by atoms with Gasteiger partial charge in [0.2, 0.25) is 0 Å². The summed E-state index contributed by atoms with van der Waals surface area (Å²) in [6.07, 6.45) is 1.61. The lowest BCUT2D eigenvalue weighted by atomic mass is 10.2. The van der Waals surface area contributed by atoms with Crippen LogP contribution in [0.4, 0.5) is 13.2 Å². The number of hydrogen-bond acceptors (Lipinski definition) is 6. The summed E-state index contributed by atoms with van der Waals surface area (Å²) in [4.78, 5) is 23.4. The predicted molar refractivity (Wildman–Crippen MR) is 116 cm³/mol. The maximum atomic E-state index is 13.4. The minimum Gasteiger partial charge on any atom is -0.371 e. The molecule has 12 heteroatoms. The van der Waals surface area contributed by atoms with E-state index in [4.69, 9.17) is 4.74 Å². The van der Waals surface area contributed by atoms with Gasteiger partial charge < -0.3 is 9.64 Å². The van der Waals surface area contributed by atoms with Crippen molar-refractivity contribution >= 4 is 22.5 Å². The zero-order chi connectivity index (χ0) is 24.3. The lowest BCUT2D eigenvalue weighted by Crippen LogP contribution is -2.46. The Balaban J connectivity index is 1.46. The van der Waals surface area contributed by atoms with Crippen LogP contribution < -0.4 is 0 Å². The van der Waals surface area contributed by atoms with Gasteiger partial charge in [-0.05, 0) is 31.0 Å². The molecule has 6 rings (SSSR count). The first kappa shape index (κ1) is 21.5. The van der Waals surface area contributed by atoms with E-state index in [9.17, 15) is 23.2 Å². The molecular weight excluding hydrogens is 463 g/mol. The molecule has 0 spiro atoms. The fourth-order valence-corrected chi connectivity index (χ4v) is 4.83. The number of carbonyl (C=O) groups is 1. The number of fused-ring (bicyclic) bond motifs is 4. The van der Waals surface area contributed by atoms with Gasteiger partial charge in [-0.3, -0.25) is 18.9 Å². The van der Waals surface area contributed by atoms with Gasteiger partial charge in [-0.15, -0.1) is 0 Å². The minimum atomic E-state index is -4.53. The number of rotatable bonds is 3. The average molecular weight is 481 g/mol. The molecule has 0 aromatic carbocycles. The number of pyridine rings is 2. The molecule has 0 N–H and O–H groups in total. The van der Waals surface area contributed by atoms with Crippen LogP contribution in [-0.4, -0.2) is 66.4 Å². The maximum absolute atomic E-state index is 13.4. The standard InChI is InChI=1S/C23H18F3N7O2/c24-23(25,26)12-33-18-5-17(22(34)31-10-14-2-3-15(11-31)35-14)28-7-16(18)21(30-33)19-8-29-20-4-1-13(6-27)9-32(19)20/h1,4-5,7-9,14-15H,2-3,10-12H2. The molecule has 0 saturated carbocycles. The highest BCUT2D eigenvalue weighted by Gasteiger charge is 2.37. The molecule has 2 atom stereocenters. The third kappa shape index (κ3) is 3.77. The van der Waals surface area contributed by atoms with Crippen LogP contribution in [-0.2, 0) is 11.3 Å². The molecule has 0 aliphatic carbocycles. The Kier molecular flexibility index (Phi) is 4.79.